The molecule has 0 aliphatic rings. The number of aromatic carboxylic acids is 2. The lowest BCUT2D eigenvalue weighted by Gasteiger charge is -2.18. The molecule has 0 fully saturated rings. The highest BCUT2D eigenvalue weighted by Crippen LogP contribution is 2.29. The summed E-state index contributed by atoms with van der Waals surface area (Å²) in [5.41, 5.74) is -0.0204. The molecule has 0 spiro atoms. The normalized spacial score (nSPS) is 11.5. The van der Waals surface area contributed by atoms with Gasteiger partial charge in [0.1, 0.15) is 0 Å². The summed E-state index contributed by atoms with van der Waals surface area (Å²) in [6.07, 6.45) is 2.04. The first-order valence-corrected chi connectivity index (χ1v) is 6.81. The van der Waals surface area contributed by atoms with E-state index in [1.165, 1.54) is 12.1 Å². The molecule has 1 aromatic rings. The molecule has 1 rings (SSSR count). The number of benzene rings is 1. The lowest BCUT2D eigenvalue weighted by Crippen LogP contribution is -2.15. The van der Waals surface area contributed by atoms with Crippen molar-refractivity contribution in [3.8, 4) is 0 Å². The minimum absolute atomic E-state index is 0.111. The van der Waals surface area contributed by atoms with Crippen molar-refractivity contribution in [2.45, 2.75) is 25.7 Å². The van der Waals surface area contributed by atoms with E-state index in [9.17, 15) is 19.5 Å². The maximum atomic E-state index is 11.4. The summed E-state index contributed by atoms with van der Waals surface area (Å²) in [5, 5.41) is 18.5. The van der Waals surface area contributed by atoms with Crippen LogP contribution in [0.3, 0.4) is 0 Å². The van der Waals surface area contributed by atoms with Gasteiger partial charge in [0.05, 0.1) is 17.7 Å². The van der Waals surface area contributed by atoms with Gasteiger partial charge in [0.2, 0.25) is 0 Å². The van der Waals surface area contributed by atoms with E-state index >= 15 is 0 Å². The smallest absolute Gasteiger partial charge is 0.336 e. The summed E-state index contributed by atoms with van der Waals surface area (Å²) >= 11 is 0. The van der Waals surface area contributed by atoms with Crippen LogP contribution < -0.4 is 0 Å². The number of hydrogen-bond donors (Lipinski definition) is 2. The van der Waals surface area contributed by atoms with Crippen molar-refractivity contribution in [2.24, 2.45) is 0 Å². The van der Waals surface area contributed by atoms with Crippen LogP contribution in [0.15, 0.2) is 30.9 Å². The molecule has 2 N–H and O–H groups in total. The summed E-state index contributed by atoms with van der Waals surface area (Å²) in [6.45, 7) is 5.26. The molecule has 0 aromatic heterocycles. The first-order chi connectivity index (χ1) is 10.4. The van der Waals surface area contributed by atoms with Crippen molar-refractivity contribution in [3.63, 3.8) is 0 Å². The van der Waals surface area contributed by atoms with Crippen molar-refractivity contribution in [2.75, 3.05) is 6.61 Å². The Morgan fingerprint density at radius 3 is 2.45 bits per heavy atom. The number of carboxylic acids is 2. The van der Waals surface area contributed by atoms with Crippen molar-refractivity contribution < 1.29 is 29.3 Å². The third-order valence-corrected chi connectivity index (χ3v) is 3.35. The molecule has 0 heterocycles. The zero-order chi connectivity index (χ0) is 16.7. The molecule has 1 unspecified atom stereocenters. The Hall–Kier alpha value is -2.63. The van der Waals surface area contributed by atoms with Crippen LogP contribution in [-0.2, 0) is 9.53 Å². The minimum atomic E-state index is -1.29. The average Bonchev–Trinajstić information content (AvgIpc) is 2.50. The molecular weight excluding hydrogens is 288 g/mol. The van der Waals surface area contributed by atoms with Gasteiger partial charge in [0, 0.05) is 6.08 Å². The SMILES string of the molecule is C=CC(=O)OCCC(CC)c1cccc(C(=O)O)c1C(=O)O. The first kappa shape index (κ1) is 17.4. The van der Waals surface area contributed by atoms with Crippen molar-refractivity contribution in [1.29, 1.82) is 0 Å². The number of carbonyl (C=O) groups excluding carboxylic acids is 1. The average molecular weight is 306 g/mol. The second-order valence-electron chi connectivity index (χ2n) is 4.65. The fourth-order valence-corrected chi connectivity index (χ4v) is 2.27. The molecule has 0 aliphatic heterocycles. The van der Waals surface area contributed by atoms with Gasteiger partial charge in [-0.15, -0.1) is 0 Å². The quantitative estimate of drug-likeness (QED) is 0.565. The highest BCUT2D eigenvalue weighted by molar-refractivity contribution is 6.02. The predicted molar refractivity (Wildman–Crippen MR) is 79.2 cm³/mol. The topological polar surface area (TPSA) is 101 Å². The number of carboxylic acid groups (broad SMARTS) is 2. The number of hydrogen-bond acceptors (Lipinski definition) is 4. The van der Waals surface area contributed by atoms with Gasteiger partial charge in [-0.1, -0.05) is 25.6 Å². The Morgan fingerprint density at radius 2 is 1.95 bits per heavy atom. The molecule has 0 saturated carbocycles. The Labute approximate surface area is 128 Å². The van der Waals surface area contributed by atoms with Gasteiger partial charge in [-0.25, -0.2) is 14.4 Å². The van der Waals surface area contributed by atoms with Gasteiger partial charge in [-0.2, -0.15) is 0 Å². The summed E-state index contributed by atoms with van der Waals surface area (Å²) < 4.78 is 4.90. The number of ether oxygens (including phenoxy) is 1. The molecule has 0 amide bonds. The number of esters is 1. The fourth-order valence-electron chi connectivity index (χ4n) is 2.27. The molecule has 0 bridgehead atoms. The fraction of sp³-hybridized carbons (Fsp3) is 0.312. The summed E-state index contributed by atoms with van der Waals surface area (Å²) in [4.78, 5) is 33.6. The summed E-state index contributed by atoms with van der Waals surface area (Å²) in [6, 6.07) is 4.38. The van der Waals surface area contributed by atoms with Crippen LogP contribution in [0.5, 0.6) is 0 Å². The summed E-state index contributed by atoms with van der Waals surface area (Å²) in [5.74, 6) is -3.34. The van der Waals surface area contributed by atoms with Gasteiger partial charge in [0.25, 0.3) is 0 Å². The Balaban J connectivity index is 3.08. The van der Waals surface area contributed by atoms with Gasteiger partial charge in [0.15, 0.2) is 0 Å². The van der Waals surface area contributed by atoms with Crippen LogP contribution in [-0.4, -0.2) is 34.7 Å². The van der Waals surface area contributed by atoms with E-state index in [-0.39, 0.29) is 23.7 Å². The molecule has 0 saturated heterocycles. The van der Waals surface area contributed by atoms with Crippen LogP contribution in [0, 0.1) is 0 Å². The number of carbonyl (C=O) groups is 3. The highest BCUT2D eigenvalue weighted by Gasteiger charge is 2.24. The van der Waals surface area contributed by atoms with Crippen LogP contribution in [0.1, 0.15) is 52.0 Å². The zero-order valence-electron chi connectivity index (χ0n) is 12.2. The molecule has 22 heavy (non-hydrogen) atoms. The maximum Gasteiger partial charge on any atom is 0.336 e. The van der Waals surface area contributed by atoms with E-state index < -0.39 is 17.9 Å². The molecule has 6 nitrogen and oxygen atoms in total. The molecule has 6 heteroatoms. The Kier molecular flexibility index (Phi) is 6.31. The van der Waals surface area contributed by atoms with E-state index in [4.69, 9.17) is 9.84 Å². The second kappa shape index (κ2) is 7.97. The first-order valence-electron chi connectivity index (χ1n) is 6.81. The van der Waals surface area contributed by atoms with E-state index in [2.05, 4.69) is 6.58 Å². The van der Waals surface area contributed by atoms with Crippen molar-refractivity contribution in [3.05, 3.63) is 47.5 Å². The van der Waals surface area contributed by atoms with E-state index in [0.717, 1.165) is 6.08 Å². The molecule has 0 aliphatic carbocycles. The standard InChI is InChI=1S/C16H18O6/c1-3-10(8-9-22-13(17)4-2)11-6-5-7-12(15(18)19)14(11)16(20)21/h4-7,10H,2-3,8-9H2,1H3,(H,18,19)(H,20,21). The van der Waals surface area contributed by atoms with Gasteiger partial charge in [-0.05, 0) is 30.4 Å². The number of rotatable bonds is 8. The third kappa shape index (κ3) is 4.18. The maximum absolute atomic E-state index is 11.4. The predicted octanol–water partition coefficient (Wildman–Crippen LogP) is 2.70. The molecule has 118 valence electrons. The van der Waals surface area contributed by atoms with Crippen molar-refractivity contribution in [1.82, 2.24) is 0 Å². The van der Waals surface area contributed by atoms with Crippen LogP contribution in [0.2, 0.25) is 0 Å². The monoisotopic (exact) mass is 306 g/mol. The largest absolute Gasteiger partial charge is 0.478 e. The summed E-state index contributed by atoms with van der Waals surface area (Å²) in [7, 11) is 0. The lowest BCUT2D eigenvalue weighted by atomic mass is 9.87. The van der Waals surface area contributed by atoms with Gasteiger partial charge in [-0.3, -0.25) is 0 Å². The zero-order valence-corrected chi connectivity index (χ0v) is 12.2. The van der Waals surface area contributed by atoms with Crippen LogP contribution in [0.4, 0.5) is 0 Å². The Morgan fingerprint density at radius 1 is 1.27 bits per heavy atom. The third-order valence-electron chi connectivity index (χ3n) is 3.35. The molecule has 1 atom stereocenters. The highest BCUT2D eigenvalue weighted by atomic mass is 16.5. The van der Waals surface area contributed by atoms with E-state index in [0.29, 0.717) is 18.4 Å². The second-order valence-corrected chi connectivity index (χ2v) is 4.65. The van der Waals surface area contributed by atoms with E-state index in [1.807, 2.05) is 6.92 Å². The van der Waals surface area contributed by atoms with Gasteiger partial charge >= 0.3 is 17.9 Å². The van der Waals surface area contributed by atoms with Crippen LogP contribution >= 0.6 is 0 Å². The van der Waals surface area contributed by atoms with E-state index in [1.54, 1.807) is 6.07 Å². The lowest BCUT2D eigenvalue weighted by molar-refractivity contribution is -0.137. The molecule has 0 radical (unpaired) electrons. The minimum Gasteiger partial charge on any atom is -0.478 e. The van der Waals surface area contributed by atoms with Gasteiger partial charge < -0.3 is 14.9 Å². The molecular formula is C16H18O6. The Bertz CT molecular complexity index is 590. The van der Waals surface area contributed by atoms with Crippen molar-refractivity contribution >= 4 is 17.9 Å². The van der Waals surface area contributed by atoms with Crippen LogP contribution in [0.25, 0.3) is 0 Å². The molecule has 1 aromatic carbocycles.